The van der Waals surface area contributed by atoms with Crippen LogP contribution in [0.25, 0.3) is 0 Å². The summed E-state index contributed by atoms with van der Waals surface area (Å²) in [6.07, 6.45) is 0.887. The molecule has 0 saturated carbocycles. The summed E-state index contributed by atoms with van der Waals surface area (Å²) in [6.45, 7) is 12.5. The largest absolute Gasteiger partial charge is 0.308 e. The molecule has 3 nitrogen and oxygen atoms in total. The molecule has 0 aliphatic carbocycles. The predicted octanol–water partition coefficient (Wildman–Crippen LogP) is 3.25. The molecule has 0 amide bonds. The third-order valence-corrected chi connectivity index (χ3v) is 3.72. The topological polar surface area (TPSA) is 29.9 Å². The third-order valence-electron chi connectivity index (χ3n) is 3.29. The summed E-state index contributed by atoms with van der Waals surface area (Å²) in [4.78, 5) is 0. The summed E-state index contributed by atoms with van der Waals surface area (Å²) in [5.74, 6) is 0.623. The zero-order valence-corrected chi connectivity index (χ0v) is 12.3. The number of hydrogen-bond acceptors (Lipinski definition) is 2. The van der Waals surface area contributed by atoms with Crippen molar-refractivity contribution in [3.63, 3.8) is 0 Å². The van der Waals surface area contributed by atoms with Gasteiger partial charge in [0.2, 0.25) is 0 Å². The van der Waals surface area contributed by atoms with E-state index in [1.54, 1.807) is 0 Å². The summed E-state index contributed by atoms with van der Waals surface area (Å²) in [5.41, 5.74) is 2.11. The van der Waals surface area contributed by atoms with Gasteiger partial charge in [-0.3, -0.25) is 4.68 Å². The smallest absolute Gasteiger partial charge is 0.0863 e. The summed E-state index contributed by atoms with van der Waals surface area (Å²) in [7, 11) is 0. The standard InChI is InChI=1S/C13H24ClN3/c1-6-11-13(14)12(17(7-2)16-11)8-15-10(5)9(3)4/h9-10,15H,6-8H2,1-5H3. The molecule has 0 radical (unpaired) electrons. The SMILES string of the molecule is CCc1nn(CC)c(CNC(C)C(C)C)c1Cl. The molecule has 1 unspecified atom stereocenters. The quantitative estimate of drug-likeness (QED) is 0.848. The van der Waals surface area contributed by atoms with Crippen LogP contribution < -0.4 is 5.32 Å². The van der Waals surface area contributed by atoms with Gasteiger partial charge in [0, 0.05) is 19.1 Å². The maximum Gasteiger partial charge on any atom is 0.0863 e. The van der Waals surface area contributed by atoms with E-state index < -0.39 is 0 Å². The molecule has 17 heavy (non-hydrogen) atoms. The minimum Gasteiger partial charge on any atom is -0.308 e. The number of hydrogen-bond donors (Lipinski definition) is 1. The van der Waals surface area contributed by atoms with Gasteiger partial charge in [0.25, 0.3) is 0 Å². The second kappa shape index (κ2) is 6.41. The first-order chi connectivity index (χ1) is 8.01. The van der Waals surface area contributed by atoms with E-state index in [0.717, 1.165) is 35.9 Å². The van der Waals surface area contributed by atoms with Crippen molar-refractivity contribution in [3.05, 3.63) is 16.4 Å². The Morgan fingerprint density at radius 1 is 1.29 bits per heavy atom. The van der Waals surface area contributed by atoms with E-state index >= 15 is 0 Å². The van der Waals surface area contributed by atoms with Crippen molar-refractivity contribution in [1.82, 2.24) is 15.1 Å². The molecular formula is C13H24ClN3. The van der Waals surface area contributed by atoms with Crippen LogP contribution in [0.1, 0.15) is 46.0 Å². The second-order valence-corrected chi connectivity index (χ2v) is 5.17. The van der Waals surface area contributed by atoms with E-state index in [2.05, 4.69) is 45.0 Å². The van der Waals surface area contributed by atoms with Gasteiger partial charge in [-0.05, 0) is 26.2 Å². The Hall–Kier alpha value is -0.540. The Morgan fingerprint density at radius 2 is 1.94 bits per heavy atom. The lowest BCUT2D eigenvalue weighted by atomic mass is 10.1. The van der Waals surface area contributed by atoms with E-state index in [0.29, 0.717) is 12.0 Å². The maximum absolute atomic E-state index is 6.35. The Labute approximate surface area is 110 Å². The van der Waals surface area contributed by atoms with Crippen molar-refractivity contribution >= 4 is 11.6 Å². The minimum atomic E-state index is 0.483. The summed E-state index contributed by atoms with van der Waals surface area (Å²) in [5, 5.41) is 8.85. The number of rotatable bonds is 6. The van der Waals surface area contributed by atoms with Gasteiger partial charge in [0.1, 0.15) is 0 Å². The van der Waals surface area contributed by atoms with Crippen molar-refractivity contribution in [1.29, 1.82) is 0 Å². The zero-order chi connectivity index (χ0) is 13.0. The Kier molecular flexibility index (Phi) is 5.47. The molecule has 4 heteroatoms. The lowest BCUT2D eigenvalue weighted by Gasteiger charge is -2.17. The van der Waals surface area contributed by atoms with E-state index in [1.165, 1.54) is 0 Å². The van der Waals surface area contributed by atoms with Gasteiger partial charge in [-0.15, -0.1) is 0 Å². The van der Waals surface area contributed by atoms with Crippen LogP contribution in [0.2, 0.25) is 5.02 Å². The van der Waals surface area contributed by atoms with Crippen LogP contribution in [0.15, 0.2) is 0 Å². The molecule has 98 valence electrons. The number of aryl methyl sites for hydroxylation is 2. The molecule has 0 aliphatic heterocycles. The van der Waals surface area contributed by atoms with E-state index in [9.17, 15) is 0 Å². The zero-order valence-electron chi connectivity index (χ0n) is 11.5. The van der Waals surface area contributed by atoms with Crippen molar-refractivity contribution in [2.75, 3.05) is 0 Å². The molecule has 1 N–H and O–H groups in total. The molecule has 1 aromatic rings. The highest BCUT2D eigenvalue weighted by atomic mass is 35.5. The molecule has 0 fully saturated rings. The summed E-state index contributed by atoms with van der Waals surface area (Å²) >= 11 is 6.35. The lowest BCUT2D eigenvalue weighted by Crippen LogP contribution is -2.31. The highest BCUT2D eigenvalue weighted by Gasteiger charge is 2.15. The van der Waals surface area contributed by atoms with Crippen LogP contribution in [-0.4, -0.2) is 15.8 Å². The van der Waals surface area contributed by atoms with Crippen molar-refractivity contribution in [2.45, 2.75) is 60.2 Å². The van der Waals surface area contributed by atoms with E-state index in [-0.39, 0.29) is 0 Å². The Morgan fingerprint density at radius 3 is 2.41 bits per heavy atom. The average molecular weight is 258 g/mol. The molecule has 0 spiro atoms. The van der Waals surface area contributed by atoms with Gasteiger partial charge in [-0.2, -0.15) is 5.10 Å². The molecule has 0 aliphatic rings. The van der Waals surface area contributed by atoms with Gasteiger partial charge in [-0.25, -0.2) is 0 Å². The Balaban J connectivity index is 2.79. The fraction of sp³-hybridized carbons (Fsp3) is 0.769. The van der Waals surface area contributed by atoms with Crippen LogP contribution in [-0.2, 0) is 19.5 Å². The monoisotopic (exact) mass is 257 g/mol. The van der Waals surface area contributed by atoms with Gasteiger partial charge in [-0.1, -0.05) is 32.4 Å². The fourth-order valence-corrected chi connectivity index (χ4v) is 2.02. The molecule has 1 heterocycles. The van der Waals surface area contributed by atoms with Gasteiger partial charge >= 0.3 is 0 Å². The first kappa shape index (κ1) is 14.5. The van der Waals surface area contributed by atoms with Crippen molar-refractivity contribution in [2.24, 2.45) is 5.92 Å². The molecule has 0 bridgehead atoms. The van der Waals surface area contributed by atoms with Gasteiger partial charge in [0.05, 0.1) is 16.4 Å². The normalized spacial score (nSPS) is 13.4. The van der Waals surface area contributed by atoms with Crippen molar-refractivity contribution < 1.29 is 0 Å². The van der Waals surface area contributed by atoms with Crippen LogP contribution in [0, 0.1) is 5.92 Å². The van der Waals surface area contributed by atoms with Crippen LogP contribution in [0.5, 0.6) is 0 Å². The maximum atomic E-state index is 6.35. The molecule has 0 saturated heterocycles. The van der Waals surface area contributed by atoms with Gasteiger partial charge in [0.15, 0.2) is 0 Å². The molecule has 1 aromatic heterocycles. The fourth-order valence-electron chi connectivity index (χ4n) is 1.68. The third kappa shape index (κ3) is 3.46. The highest BCUT2D eigenvalue weighted by Crippen LogP contribution is 2.21. The average Bonchev–Trinajstić information content (AvgIpc) is 2.62. The number of nitrogens with one attached hydrogen (secondary N) is 1. The number of halogens is 1. The Bertz CT molecular complexity index is 358. The number of nitrogens with zero attached hydrogens (tertiary/aromatic N) is 2. The predicted molar refractivity (Wildman–Crippen MR) is 73.4 cm³/mol. The molecule has 0 aromatic carbocycles. The minimum absolute atomic E-state index is 0.483. The highest BCUT2D eigenvalue weighted by molar-refractivity contribution is 6.31. The van der Waals surface area contributed by atoms with Crippen LogP contribution in [0.3, 0.4) is 0 Å². The van der Waals surface area contributed by atoms with Crippen LogP contribution in [0.4, 0.5) is 0 Å². The van der Waals surface area contributed by atoms with E-state index in [4.69, 9.17) is 11.6 Å². The summed E-state index contributed by atoms with van der Waals surface area (Å²) in [6, 6.07) is 0.483. The molecule has 1 rings (SSSR count). The summed E-state index contributed by atoms with van der Waals surface area (Å²) < 4.78 is 2.00. The van der Waals surface area contributed by atoms with Crippen molar-refractivity contribution in [3.8, 4) is 0 Å². The molecule has 1 atom stereocenters. The first-order valence-corrected chi connectivity index (χ1v) is 6.86. The van der Waals surface area contributed by atoms with E-state index in [1.807, 2.05) is 4.68 Å². The number of aromatic nitrogens is 2. The first-order valence-electron chi connectivity index (χ1n) is 6.48. The van der Waals surface area contributed by atoms with Gasteiger partial charge < -0.3 is 5.32 Å². The molecular weight excluding hydrogens is 234 g/mol. The second-order valence-electron chi connectivity index (χ2n) is 4.79. The lowest BCUT2D eigenvalue weighted by molar-refractivity contribution is 0.417. The van der Waals surface area contributed by atoms with Crippen LogP contribution >= 0.6 is 11.6 Å².